The minimum atomic E-state index is 0.427. The molecule has 0 fully saturated rings. The summed E-state index contributed by atoms with van der Waals surface area (Å²) in [5.74, 6) is 0.971. The molecule has 7 heteroatoms. The average Bonchev–Trinajstić information content (AvgIpc) is 3.09. The first kappa shape index (κ1) is 16.4. The largest absolute Gasteiger partial charge is 0.443 e. The van der Waals surface area contributed by atoms with Gasteiger partial charge in [-0.1, -0.05) is 17.7 Å². The highest BCUT2D eigenvalue weighted by atomic mass is 35.5. The quantitative estimate of drug-likeness (QED) is 0.506. The normalized spacial score (nSPS) is 10.9. The van der Waals surface area contributed by atoms with Gasteiger partial charge in [-0.05, 0) is 55.3 Å². The van der Waals surface area contributed by atoms with Gasteiger partial charge in [-0.25, -0.2) is 9.97 Å². The third-order valence-electron chi connectivity index (χ3n) is 4.10. The summed E-state index contributed by atoms with van der Waals surface area (Å²) in [5.41, 5.74) is 5.64. The molecule has 4 rings (SSSR count). The lowest BCUT2D eigenvalue weighted by Gasteiger charge is -2.11. The van der Waals surface area contributed by atoms with E-state index in [1.165, 1.54) is 17.5 Å². The maximum atomic E-state index is 6.24. The van der Waals surface area contributed by atoms with E-state index in [1.807, 2.05) is 24.3 Å². The molecule has 0 radical (unpaired) electrons. The molecule has 2 aromatic carbocycles. The summed E-state index contributed by atoms with van der Waals surface area (Å²) >= 11 is 6.24. The smallest absolute Gasteiger partial charge is 0.229 e. The van der Waals surface area contributed by atoms with Crippen LogP contribution in [0.25, 0.3) is 11.1 Å². The lowest BCUT2D eigenvalue weighted by atomic mass is 10.1. The molecule has 0 saturated heterocycles. The first-order valence-corrected chi connectivity index (χ1v) is 8.43. The molecule has 2 heterocycles. The molecule has 26 heavy (non-hydrogen) atoms. The zero-order valence-electron chi connectivity index (χ0n) is 14.2. The van der Waals surface area contributed by atoms with E-state index in [1.54, 1.807) is 6.20 Å². The van der Waals surface area contributed by atoms with Crippen molar-refractivity contribution in [2.24, 2.45) is 0 Å². The van der Waals surface area contributed by atoms with Gasteiger partial charge in [-0.3, -0.25) is 0 Å². The number of hydrogen-bond donors (Lipinski definition) is 2. The Morgan fingerprint density at radius 3 is 2.58 bits per heavy atom. The summed E-state index contributed by atoms with van der Waals surface area (Å²) < 4.78 is 5.25. The van der Waals surface area contributed by atoms with Gasteiger partial charge in [0.2, 0.25) is 5.95 Å². The summed E-state index contributed by atoms with van der Waals surface area (Å²) in [7, 11) is 0. The van der Waals surface area contributed by atoms with Crippen molar-refractivity contribution in [3.05, 3.63) is 65.1 Å². The number of rotatable bonds is 4. The third-order valence-corrected chi connectivity index (χ3v) is 4.38. The lowest BCUT2D eigenvalue weighted by molar-refractivity contribution is 0.602. The van der Waals surface area contributed by atoms with Crippen LogP contribution in [0.1, 0.15) is 11.1 Å². The third kappa shape index (κ3) is 3.32. The van der Waals surface area contributed by atoms with Crippen molar-refractivity contribution in [3.8, 4) is 0 Å². The Morgan fingerprint density at radius 2 is 1.73 bits per heavy atom. The number of anilines is 4. The van der Waals surface area contributed by atoms with Gasteiger partial charge in [-0.15, -0.1) is 0 Å². The fraction of sp³-hybridized carbons (Fsp3) is 0.105. The second-order valence-corrected chi connectivity index (χ2v) is 6.38. The van der Waals surface area contributed by atoms with Crippen molar-refractivity contribution in [2.45, 2.75) is 13.8 Å². The van der Waals surface area contributed by atoms with E-state index in [0.29, 0.717) is 16.8 Å². The standard InChI is InChI=1S/C19H16ClN5O/c1-11-3-4-13(7-12(11)2)24-19-21-9-15(20)18(25-19)23-14-5-6-17-16(8-14)22-10-26-17/h3-10H,1-2H3,(H2,21,23,24,25). The highest BCUT2D eigenvalue weighted by Gasteiger charge is 2.08. The van der Waals surface area contributed by atoms with Crippen molar-refractivity contribution < 1.29 is 4.42 Å². The van der Waals surface area contributed by atoms with E-state index in [0.717, 1.165) is 22.5 Å². The monoisotopic (exact) mass is 365 g/mol. The van der Waals surface area contributed by atoms with Gasteiger partial charge in [0.05, 0.1) is 6.20 Å². The molecule has 0 spiro atoms. The molecule has 0 bridgehead atoms. The zero-order chi connectivity index (χ0) is 18.1. The number of fused-ring (bicyclic) bond motifs is 1. The van der Waals surface area contributed by atoms with E-state index in [-0.39, 0.29) is 0 Å². The molecule has 130 valence electrons. The lowest BCUT2D eigenvalue weighted by Crippen LogP contribution is -2.01. The molecule has 6 nitrogen and oxygen atoms in total. The molecule has 2 aromatic heterocycles. The molecule has 4 aromatic rings. The van der Waals surface area contributed by atoms with Crippen LogP contribution in [0.5, 0.6) is 0 Å². The molecule has 0 aliphatic heterocycles. The Labute approximate surface area is 155 Å². The summed E-state index contributed by atoms with van der Waals surface area (Å²) in [5, 5.41) is 6.83. The van der Waals surface area contributed by atoms with Crippen LogP contribution >= 0.6 is 11.6 Å². The van der Waals surface area contributed by atoms with Gasteiger partial charge in [0.25, 0.3) is 0 Å². The minimum Gasteiger partial charge on any atom is -0.443 e. The fourth-order valence-corrected chi connectivity index (χ4v) is 2.67. The summed E-state index contributed by atoms with van der Waals surface area (Å²) in [6.45, 7) is 4.14. The maximum Gasteiger partial charge on any atom is 0.229 e. The van der Waals surface area contributed by atoms with E-state index in [9.17, 15) is 0 Å². The van der Waals surface area contributed by atoms with Crippen LogP contribution in [0.4, 0.5) is 23.1 Å². The maximum absolute atomic E-state index is 6.24. The van der Waals surface area contributed by atoms with E-state index in [2.05, 4.69) is 51.6 Å². The second kappa shape index (κ2) is 6.65. The van der Waals surface area contributed by atoms with Gasteiger partial charge >= 0.3 is 0 Å². The molecule has 0 saturated carbocycles. The van der Waals surface area contributed by atoms with E-state index in [4.69, 9.17) is 16.0 Å². The van der Waals surface area contributed by atoms with E-state index < -0.39 is 0 Å². The Hall–Kier alpha value is -3.12. The Bertz CT molecular complexity index is 1090. The number of aryl methyl sites for hydroxylation is 2. The highest BCUT2D eigenvalue weighted by Crippen LogP contribution is 2.27. The summed E-state index contributed by atoms with van der Waals surface area (Å²) in [6, 6.07) is 11.7. The van der Waals surface area contributed by atoms with Crippen LogP contribution in [-0.2, 0) is 0 Å². The molecule has 0 aliphatic carbocycles. The van der Waals surface area contributed by atoms with Crippen molar-refractivity contribution in [1.82, 2.24) is 15.0 Å². The van der Waals surface area contributed by atoms with Crippen molar-refractivity contribution in [1.29, 1.82) is 0 Å². The zero-order valence-corrected chi connectivity index (χ0v) is 15.0. The van der Waals surface area contributed by atoms with Gasteiger partial charge in [0, 0.05) is 11.4 Å². The SMILES string of the molecule is Cc1ccc(Nc2ncc(Cl)c(Nc3ccc4ocnc4c3)n2)cc1C. The van der Waals surface area contributed by atoms with Crippen molar-refractivity contribution >= 4 is 45.8 Å². The van der Waals surface area contributed by atoms with Crippen LogP contribution in [0, 0.1) is 13.8 Å². The van der Waals surface area contributed by atoms with Gasteiger partial charge in [-0.2, -0.15) is 4.98 Å². The highest BCUT2D eigenvalue weighted by molar-refractivity contribution is 6.32. The first-order chi connectivity index (χ1) is 12.6. The Balaban J connectivity index is 1.59. The van der Waals surface area contributed by atoms with Crippen molar-refractivity contribution in [3.63, 3.8) is 0 Å². The van der Waals surface area contributed by atoms with Crippen LogP contribution in [0.2, 0.25) is 5.02 Å². The minimum absolute atomic E-state index is 0.427. The molecule has 0 unspecified atom stereocenters. The number of benzene rings is 2. The predicted octanol–water partition coefficient (Wildman–Crippen LogP) is 5.38. The number of hydrogen-bond acceptors (Lipinski definition) is 6. The number of aromatic nitrogens is 3. The molecular weight excluding hydrogens is 350 g/mol. The van der Waals surface area contributed by atoms with Crippen molar-refractivity contribution in [2.75, 3.05) is 10.6 Å². The molecule has 0 atom stereocenters. The van der Waals surface area contributed by atoms with E-state index >= 15 is 0 Å². The number of nitrogens with zero attached hydrogens (tertiary/aromatic N) is 3. The summed E-state index contributed by atoms with van der Waals surface area (Å²) in [6.07, 6.45) is 2.98. The number of halogens is 1. The molecular formula is C19H16ClN5O. The van der Waals surface area contributed by atoms with Gasteiger partial charge in [0.1, 0.15) is 10.5 Å². The molecule has 0 aliphatic rings. The predicted molar refractivity (Wildman–Crippen MR) is 104 cm³/mol. The second-order valence-electron chi connectivity index (χ2n) is 5.97. The number of nitrogens with one attached hydrogen (secondary N) is 2. The van der Waals surface area contributed by atoms with Crippen LogP contribution < -0.4 is 10.6 Å². The Kier molecular flexibility index (Phi) is 4.18. The number of oxazole rings is 1. The summed E-state index contributed by atoms with van der Waals surface area (Å²) in [4.78, 5) is 12.9. The van der Waals surface area contributed by atoms with Crippen LogP contribution in [0.15, 0.2) is 53.4 Å². The molecule has 0 amide bonds. The van der Waals surface area contributed by atoms with Crippen LogP contribution in [0.3, 0.4) is 0 Å². The van der Waals surface area contributed by atoms with Gasteiger partial charge < -0.3 is 15.1 Å². The fourth-order valence-electron chi connectivity index (χ4n) is 2.54. The average molecular weight is 366 g/mol. The topological polar surface area (TPSA) is 75.9 Å². The molecule has 2 N–H and O–H groups in total. The van der Waals surface area contributed by atoms with Crippen LogP contribution in [-0.4, -0.2) is 15.0 Å². The Morgan fingerprint density at radius 1 is 0.923 bits per heavy atom. The first-order valence-electron chi connectivity index (χ1n) is 8.05. The van der Waals surface area contributed by atoms with Gasteiger partial charge in [0.15, 0.2) is 17.8 Å².